The SMILES string of the molecule is CNS(=O)(=O)c1ccc(NCc2ccc(Br)o2)cc1. The van der Waals surface area contributed by atoms with Crippen molar-refractivity contribution in [3.8, 4) is 0 Å². The van der Waals surface area contributed by atoms with Crippen LogP contribution in [0.2, 0.25) is 0 Å². The van der Waals surface area contributed by atoms with Gasteiger partial charge in [0.1, 0.15) is 5.76 Å². The Hall–Kier alpha value is -1.31. The number of nitrogens with one attached hydrogen (secondary N) is 2. The first-order chi connectivity index (χ1) is 9.01. The number of halogens is 1. The summed E-state index contributed by atoms with van der Waals surface area (Å²) in [5.41, 5.74) is 0.822. The second-order valence-electron chi connectivity index (χ2n) is 3.79. The molecule has 2 N–H and O–H groups in total. The van der Waals surface area contributed by atoms with E-state index in [-0.39, 0.29) is 4.90 Å². The number of furan rings is 1. The molecule has 102 valence electrons. The largest absolute Gasteiger partial charge is 0.452 e. The molecule has 0 radical (unpaired) electrons. The smallest absolute Gasteiger partial charge is 0.240 e. The van der Waals surface area contributed by atoms with Gasteiger partial charge in [-0.3, -0.25) is 0 Å². The van der Waals surface area contributed by atoms with Crippen LogP contribution in [-0.4, -0.2) is 15.5 Å². The molecule has 0 spiro atoms. The Bertz CT molecular complexity index is 650. The quantitative estimate of drug-likeness (QED) is 0.874. The Morgan fingerprint density at radius 1 is 1.16 bits per heavy atom. The highest BCUT2D eigenvalue weighted by atomic mass is 79.9. The summed E-state index contributed by atoms with van der Waals surface area (Å²) in [6.45, 7) is 0.531. The first-order valence-corrected chi connectivity index (χ1v) is 7.80. The number of benzene rings is 1. The minimum absolute atomic E-state index is 0.237. The summed E-state index contributed by atoms with van der Waals surface area (Å²) in [7, 11) is -2.00. The topological polar surface area (TPSA) is 71.3 Å². The van der Waals surface area contributed by atoms with Gasteiger partial charge >= 0.3 is 0 Å². The van der Waals surface area contributed by atoms with Crippen LogP contribution in [0, 0.1) is 0 Å². The first-order valence-electron chi connectivity index (χ1n) is 5.53. The van der Waals surface area contributed by atoms with E-state index in [1.807, 2.05) is 12.1 Å². The molecule has 19 heavy (non-hydrogen) atoms. The molecule has 2 aromatic rings. The lowest BCUT2D eigenvalue weighted by Crippen LogP contribution is -2.18. The van der Waals surface area contributed by atoms with E-state index in [0.717, 1.165) is 11.4 Å². The van der Waals surface area contributed by atoms with Gasteiger partial charge in [0, 0.05) is 5.69 Å². The molecule has 0 fully saturated rings. The molecule has 0 saturated heterocycles. The fourth-order valence-electron chi connectivity index (χ4n) is 1.51. The van der Waals surface area contributed by atoms with E-state index in [4.69, 9.17) is 4.42 Å². The number of rotatable bonds is 5. The molecule has 0 saturated carbocycles. The van der Waals surface area contributed by atoms with E-state index in [9.17, 15) is 8.42 Å². The summed E-state index contributed by atoms with van der Waals surface area (Å²) in [4.78, 5) is 0.237. The van der Waals surface area contributed by atoms with Crippen molar-refractivity contribution in [3.63, 3.8) is 0 Å². The van der Waals surface area contributed by atoms with E-state index in [2.05, 4.69) is 26.0 Å². The molecule has 5 nitrogen and oxygen atoms in total. The summed E-state index contributed by atoms with van der Waals surface area (Å²) in [5, 5.41) is 3.14. The van der Waals surface area contributed by atoms with Gasteiger partial charge in [-0.1, -0.05) is 0 Å². The van der Waals surface area contributed by atoms with E-state index in [1.165, 1.54) is 7.05 Å². The van der Waals surface area contributed by atoms with Gasteiger partial charge in [-0.2, -0.15) is 0 Å². The van der Waals surface area contributed by atoms with Gasteiger partial charge in [-0.25, -0.2) is 13.1 Å². The Morgan fingerprint density at radius 3 is 2.37 bits per heavy atom. The summed E-state index contributed by atoms with van der Waals surface area (Å²) in [6.07, 6.45) is 0. The zero-order valence-electron chi connectivity index (χ0n) is 10.2. The number of hydrogen-bond donors (Lipinski definition) is 2. The molecule has 0 bridgehead atoms. The van der Waals surface area contributed by atoms with Gasteiger partial charge in [0.2, 0.25) is 10.0 Å². The monoisotopic (exact) mass is 344 g/mol. The molecule has 0 aliphatic rings. The molecule has 0 unspecified atom stereocenters. The minimum atomic E-state index is -3.38. The molecule has 0 aliphatic heterocycles. The van der Waals surface area contributed by atoms with E-state index in [0.29, 0.717) is 11.2 Å². The highest BCUT2D eigenvalue weighted by Crippen LogP contribution is 2.17. The van der Waals surface area contributed by atoms with Crippen LogP contribution in [0.25, 0.3) is 0 Å². The predicted octanol–water partition coefficient (Wildman–Crippen LogP) is 2.56. The van der Waals surface area contributed by atoms with Crippen LogP contribution < -0.4 is 10.0 Å². The molecule has 0 amide bonds. The molecular weight excluding hydrogens is 332 g/mol. The van der Waals surface area contributed by atoms with Gasteiger partial charge in [-0.05, 0) is 59.4 Å². The Labute approximate surface area is 120 Å². The maximum Gasteiger partial charge on any atom is 0.240 e. The van der Waals surface area contributed by atoms with Crippen molar-refractivity contribution < 1.29 is 12.8 Å². The molecule has 1 heterocycles. The second kappa shape index (κ2) is 5.77. The third-order valence-corrected chi connectivity index (χ3v) is 4.39. The molecule has 1 aromatic heterocycles. The normalized spacial score (nSPS) is 11.5. The number of sulfonamides is 1. The fraction of sp³-hybridized carbons (Fsp3) is 0.167. The first kappa shape index (κ1) is 14.1. The van der Waals surface area contributed by atoms with E-state index >= 15 is 0 Å². The van der Waals surface area contributed by atoms with Gasteiger partial charge in [0.05, 0.1) is 11.4 Å². The van der Waals surface area contributed by atoms with Crippen molar-refractivity contribution in [2.24, 2.45) is 0 Å². The summed E-state index contributed by atoms with van der Waals surface area (Å²) in [6, 6.07) is 10.2. The number of hydrogen-bond acceptors (Lipinski definition) is 4. The summed E-state index contributed by atoms with van der Waals surface area (Å²) in [5.74, 6) is 0.791. The van der Waals surface area contributed by atoms with Crippen LogP contribution in [0.1, 0.15) is 5.76 Å². The van der Waals surface area contributed by atoms with Crippen molar-refractivity contribution in [3.05, 3.63) is 46.8 Å². The predicted molar refractivity (Wildman–Crippen MR) is 76.4 cm³/mol. The highest BCUT2D eigenvalue weighted by molar-refractivity contribution is 9.10. The van der Waals surface area contributed by atoms with E-state index in [1.54, 1.807) is 24.3 Å². The second-order valence-corrected chi connectivity index (χ2v) is 6.46. The molecule has 7 heteroatoms. The van der Waals surface area contributed by atoms with E-state index < -0.39 is 10.0 Å². The van der Waals surface area contributed by atoms with Crippen LogP contribution in [0.5, 0.6) is 0 Å². The lowest BCUT2D eigenvalue weighted by atomic mass is 10.3. The maximum atomic E-state index is 11.5. The van der Waals surface area contributed by atoms with Crippen molar-refractivity contribution in [1.82, 2.24) is 4.72 Å². The van der Waals surface area contributed by atoms with Crippen LogP contribution in [0.4, 0.5) is 5.69 Å². The summed E-state index contributed by atoms with van der Waals surface area (Å²) >= 11 is 3.23. The summed E-state index contributed by atoms with van der Waals surface area (Å²) < 4.78 is 31.4. The highest BCUT2D eigenvalue weighted by Gasteiger charge is 2.10. The molecule has 1 aromatic carbocycles. The van der Waals surface area contributed by atoms with Crippen LogP contribution in [0.3, 0.4) is 0 Å². The molecule has 0 atom stereocenters. The number of anilines is 1. The van der Waals surface area contributed by atoms with Crippen LogP contribution in [0.15, 0.2) is 50.4 Å². The Morgan fingerprint density at radius 2 is 1.84 bits per heavy atom. The van der Waals surface area contributed by atoms with Crippen LogP contribution >= 0.6 is 15.9 Å². The van der Waals surface area contributed by atoms with Crippen molar-refractivity contribution in [1.29, 1.82) is 0 Å². The lowest BCUT2D eigenvalue weighted by molar-refractivity contribution is 0.495. The third-order valence-electron chi connectivity index (χ3n) is 2.53. The molecule has 0 aliphatic carbocycles. The van der Waals surface area contributed by atoms with Crippen molar-refractivity contribution >= 4 is 31.6 Å². The van der Waals surface area contributed by atoms with Crippen molar-refractivity contribution in [2.45, 2.75) is 11.4 Å². The van der Waals surface area contributed by atoms with Gasteiger partial charge in [0.15, 0.2) is 4.67 Å². The average molecular weight is 345 g/mol. The third kappa shape index (κ3) is 3.59. The zero-order chi connectivity index (χ0) is 13.9. The van der Waals surface area contributed by atoms with Crippen molar-refractivity contribution in [2.75, 3.05) is 12.4 Å². The Balaban J connectivity index is 2.03. The average Bonchev–Trinajstić information content (AvgIpc) is 2.83. The molecule has 2 rings (SSSR count). The van der Waals surface area contributed by atoms with Gasteiger partial charge in [-0.15, -0.1) is 0 Å². The van der Waals surface area contributed by atoms with Gasteiger partial charge < -0.3 is 9.73 Å². The minimum Gasteiger partial charge on any atom is -0.452 e. The Kier molecular flexibility index (Phi) is 4.28. The zero-order valence-corrected chi connectivity index (χ0v) is 12.6. The van der Waals surface area contributed by atoms with Crippen LogP contribution in [-0.2, 0) is 16.6 Å². The van der Waals surface area contributed by atoms with Gasteiger partial charge in [0.25, 0.3) is 0 Å². The maximum absolute atomic E-state index is 11.5. The fourth-order valence-corrected chi connectivity index (χ4v) is 2.58. The molecular formula is C12H13BrN2O3S. The standard InChI is InChI=1S/C12H13BrN2O3S/c1-14-19(16,17)11-5-2-9(3-6-11)15-8-10-4-7-12(13)18-10/h2-7,14-15H,8H2,1H3. The lowest BCUT2D eigenvalue weighted by Gasteiger charge is -2.06.